The molecule has 0 atom stereocenters. The Bertz CT molecular complexity index is 704. The minimum atomic E-state index is -3.76. The zero-order valence-electron chi connectivity index (χ0n) is 11.1. The van der Waals surface area contributed by atoms with Crippen LogP contribution in [0, 0.1) is 5.82 Å². The first-order valence-electron chi connectivity index (χ1n) is 6.18. The first kappa shape index (κ1) is 15.4. The molecule has 0 bridgehead atoms. The number of nitrogens with zero attached hydrogens (tertiary/aromatic N) is 1. The van der Waals surface area contributed by atoms with Crippen LogP contribution in [0.2, 0.25) is 0 Å². The average Bonchev–Trinajstić information content (AvgIpc) is 2.49. The molecule has 0 unspecified atom stereocenters. The molecule has 0 amide bonds. The standard InChI is InChI=1S/C13H15FN4O2S/c14-11-5-3-10(4-6-11)7-9-17-21(19,20)13-12(18-15)2-1-8-16-13/h1-6,8,17-18H,7,9,15H2. The number of halogens is 1. The smallest absolute Gasteiger partial charge is 0.260 e. The lowest BCUT2D eigenvalue weighted by molar-refractivity contribution is 0.578. The maximum Gasteiger partial charge on any atom is 0.260 e. The van der Waals surface area contributed by atoms with E-state index in [1.165, 1.54) is 24.4 Å². The molecule has 2 rings (SSSR count). The molecule has 1 aromatic heterocycles. The molecule has 0 spiro atoms. The quantitative estimate of drug-likeness (QED) is 0.547. The number of pyridine rings is 1. The number of benzene rings is 1. The first-order chi connectivity index (χ1) is 10.0. The van der Waals surface area contributed by atoms with Gasteiger partial charge in [0.25, 0.3) is 10.0 Å². The Balaban J connectivity index is 2.03. The van der Waals surface area contributed by atoms with E-state index in [1.54, 1.807) is 18.2 Å². The van der Waals surface area contributed by atoms with Crippen molar-refractivity contribution in [1.82, 2.24) is 9.71 Å². The third kappa shape index (κ3) is 3.97. The molecule has 0 aliphatic heterocycles. The fourth-order valence-corrected chi connectivity index (χ4v) is 2.89. The molecule has 0 fully saturated rings. The number of aromatic nitrogens is 1. The van der Waals surface area contributed by atoms with Gasteiger partial charge in [-0.15, -0.1) is 0 Å². The van der Waals surface area contributed by atoms with E-state index >= 15 is 0 Å². The SMILES string of the molecule is NNc1cccnc1S(=O)(=O)NCCc1ccc(F)cc1. The van der Waals surface area contributed by atoms with E-state index in [2.05, 4.69) is 15.1 Å². The van der Waals surface area contributed by atoms with E-state index in [1.807, 2.05) is 0 Å². The van der Waals surface area contributed by atoms with Gasteiger partial charge in [0, 0.05) is 12.7 Å². The van der Waals surface area contributed by atoms with E-state index in [9.17, 15) is 12.8 Å². The molecule has 8 heteroatoms. The van der Waals surface area contributed by atoms with E-state index in [4.69, 9.17) is 5.84 Å². The number of hydrogen-bond acceptors (Lipinski definition) is 5. The van der Waals surface area contributed by atoms with Crippen molar-refractivity contribution in [2.24, 2.45) is 5.84 Å². The molecule has 0 aliphatic carbocycles. The van der Waals surface area contributed by atoms with Gasteiger partial charge in [-0.05, 0) is 36.2 Å². The Labute approximate surface area is 122 Å². The molecular formula is C13H15FN4O2S. The summed E-state index contributed by atoms with van der Waals surface area (Å²) in [4.78, 5) is 3.82. The number of nitrogen functional groups attached to an aromatic ring is 1. The minimum absolute atomic E-state index is 0.161. The van der Waals surface area contributed by atoms with Gasteiger partial charge in [-0.25, -0.2) is 22.5 Å². The average molecular weight is 310 g/mol. The monoisotopic (exact) mass is 310 g/mol. The lowest BCUT2D eigenvalue weighted by atomic mass is 10.1. The molecule has 112 valence electrons. The van der Waals surface area contributed by atoms with Gasteiger partial charge in [-0.3, -0.25) is 5.84 Å². The van der Waals surface area contributed by atoms with Crippen molar-refractivity contribution in [3.05, 3.63) is 54.0 Å². The Morgan fingerprint density at radius 1 is 1.19 bits per heavy atom. The Morgan fingerprint density at radius 2 is 1.90 bits per heavy atom. The second-order valence-electron chi connectivity index (χ2n) is 4.27. The number of sulfonamides is 1. The van der Waals surface area contributed by atoms with Crippen LogP contribution in [-0.4, -0.2) is 19.9 Å². The van der Waals surface area contributed by atoms with Crippen LogP contribution in [0.15, 0.2) is 47.6 Å². The van der Waals surface area contributed by atoms with Crippen molar-refractivity contribution < 1.29 is 12.8 Å². The maximum absolute atomic E-state index is 12.8. The highest BCUT2D eigenvalue weighted by atomic mass is 32.2. The second kappa shape index (κ2) is 6.61. The van der Waals surface area contributed by atoms with Crippen LogP contribution in [0.4, 0.5) is 10.1 Å². The van der Waals surface area contributed by atoms with Gasteiger partial charge in [-0.2, -0.15) is 0 Å². The number of nitrogens with one attached hydrogen (secondary N) is 2. The Hall–Kier alpha value is -2.03. The van der Waals surface area contributed by atoms with Crippen LogP contribution >= 0.6 is 0 Å². The number of rotatable bonds is 6. The molecule has 4 N–H and O–H groups in total. The van der Waals surface area contributed by atoms with Crippen LogP contribution in [0.3, 0.4) is 0 Å². The van der Waals surface area contributed by atoms with Gasteiger partial charge in [0.1, 0.15) is 5.82 Å². The molecule has 0 saturated heterocycles. The maximum atomic E-state index is 12.8. The molecule has 1 heterocycles. The molecule has 1 aromatic carbocycles. The van der Waals surface area contributed by atoms with Crippen molar-refractivity contribution in [2.45, 2.75) is 11.4 Å². The third-order valence-corrected chi connectivity index (χ3v) is 4.22. The van der Waals surface area contributed by atoms with Crippen LogP contribution in [-0.2, 0) is 16.4 Å². The molecule has 2 aromatic rings. The Kier molecular flexibility index (Phi) is 4.84. The molecule has 21 heavy (non-hydrogen) atoms. The molecule has 0 radical (unpaired) electrons. The fraction of sp³-hybridized carbons (Fsp3) is 0.154. The van der Waals surface area contributed by atoms with Crippen molar-refractivity contribution in [1.29, 1.82) is 0 Å². The molecular weight excluding hydrogens is 295 g/mol. The van der Waals surface area contributed by atoms with Crippen molar-refractivity contribution in [3.63, 3.8) is 0 Å². The summed E-state index contributed by atoms with van der Waals surface area (Å²) >= 11 is 0. The lowest BCUT2D eigenvalue weighted by Crippen LogP contribution is -2.28. The van der Waals surface area contributed by atoms with E-state index in [-0.39, 0.29) is 23.1 Å². The zero-order chi connectivity index (χ0) is 15.3. The van der Waals surface area contributed by atoms with Gasteiger partial charge in [0.05, 0.1) is 5.69 Å². The van der Waals surface area contributed by atoms with E-state index in [0.717, 1.165) is 5.56 Å². The molecule has 6 nitrogen and oxygen atoms in total. The zero-order valence-corrected chi connectivity index (χ0v) is 11.9. The van der Waals surface area contributed by atoms with Gasteiger partial charge in [0.2, 0.25) is 0 Å². The summed E-state index contributed by atoms with van der Waals surface area (Å²) in [5, 5.41) is -0.161. The highest BCUT2D eigenvalue weighted by molar-refractivity contribution is 7.89. The van der Waals surface area contributed by atoms with Crippen LogP contribution in [0.5, 0.6) is 0 Å². The van der Waals surface area contributed by atoms with Crippen molar-refractivity contribution in [2.75, 3.05) is 12.0 Å². The number of hydrogen-bond donors (Lipinski definition) is 3. The minimum Gasteiger partial charge on any atom is -0.321 e. The number of hydrazine groups is 1. The van der Waals surface area contributed by atoms with Gasteiger partial charge in [-0.1, -0.05) is 12.1 Å². The van der Waals surface area contributed by atoms with Gasteiger partial charge < -0.3 is 5.43 Å². The second-order valence-corrected chi connectivity index (χ2v) is 5.96. The summed E-state index contributed by atoms with van der Waals surface area (Å²) in [6.45, 7) is 0.175. The summed E-state index contributed by atoms with van der Waals surface area (Å²) in [5.74, 6) is 4.94. The summed E-state index contributed by atoms with van der Waals surface area (Å²) < 4.78 is 39.5. The highest BCUT2D eigenvalue weighted by Gasteiger charge is 2.19. The summed E-state index contributed by atoms with van der Waals surface area (Å²) in [7, 11) is -3.76. The lowest BCUT2D eigenvalue weighted by Gasteiger charge is -2.09. The summed E-state index contributed by atoms with van der Waals surface area (Å²) in [6.07, 6.45) is 1.81. The first-order valence-corrected chi connectivity index (χ1v) is 7.67. The van der Waals surface area contributed by atoms with Gasteiger partial charge in [0.15, 0.2) is 5.03 Å². The normalized spacial score (nSPS) is 11.3. The van der Waals surface area contributed by atoms with Crippen molar-refractivity contribution >= 4 is 15.7 Å². The van der Waals surface area contributed by atoms with E-state index in [0.29, 0.717) is 6.42 Å². The predicted octanol–water partition coefficient (Wildman–Crippen LogP) is 1.03. The highest BCUT2D eigenvalue weighted by Crippen LogP contribution is 2.16. The van der Waals surface area contributed by atoms with E-state index < -0.39 is 10.0 Å². The summed E-state index contributed by atoms with van der Waals surface area (Å²) in [6, 6.07) is 8.97. The van der Waals surface area contributed by atoms with Crippen LogP contribution in [0.25, 0.3) is 0 Å². The third-order valence-electron chi connectivity index (χ3n) is 2.80. The number of nitrogens with two attached hydrogens (primary N) is 1. The topological polar surface area (TPSA) is 97.1 Å². The number of anilines is 1. The summed E-state index contributed by atoms with van der Waals surface area (Å²) in [5.41, 5.74) is 3.34. The van der Waals surface area contributed by atoms with Crippen LogP contribution < -0.4 is 16.0 Å². The fourth-order valence-electron chi connectivity index (χ4n) is 1.76. The molecule has 0 saturated carbocycles. The largest absolute Gasteiger partial charge is 0.321 e. The molecule has 0 aliphatic rings. The predicted molar refractivity (Wildman–Crippen MR) is 77.3 cm³/mol. The van der Waals surface area contributed by atoms with Crippen LogP contribution in [0.1, 0.15) is 5.56 Å². The Morgan fingerprint density at radius 3 is 2.57 bits per heavy atom. The van der Waals surface area contributed by atoms with Gasteiger partial charge >= 0.3 is 0 Å². The van der Waals surface area contributed by atoms with Crippen molar-refractivity contribution in [3.8, 4) is 0 Å².